The van der Waals surface area contributed by atoms with Gasteiger partial charge in [-0.15, -0.1) is 0 Å². The molecule has 0 radical (unpaired) electrons. The number of imide groups is 1. The summed E-state index contributed by atoms with van der Waals surface area (Å²) in [6.07, 6.45) is 2.23. The number of cyclic esters (lactones) is 1. The first-order valence-electron chi connectivity index (χ1n) is 10.0. The molecule has 0 N–H and O–H groups in total. The third-order valence-electron chi connectivity index (χ3n) is 5.99. The van der Waals surface area contributed by atoms with Crippen LogP contribution in [0.2, 0.25) is 0 Å². The maximum absolute atomic E-state index is 13.2. The summed E-state index contributed by atoms with van der Waals surface area (Å²) in [7, 11) is 0. The van der Waals surface area contributed by atoms with Crippen molar-refractivity contribution < 1.29 is 23.5 Å². The summed E-state index contributed by atoms with van der Waals surface area (Å²) in [5.41, 5.74) is 1.49. The first-order chi connectivity index (χ1) is 14.1. The molecule has 5 rings (SSSR count). The Labute approximate surface area is 167 Å². The van der Waals surface area contributed by atoms with Gasteiger partial charge in [0.25, 0.3) is 11.9 Å². The van der Waals surface area contributed by atoms with Gasteiger partial charge < -0.3 is 19.0 Å². The molecule has 0 saturated carbocycles. The highest BCUT2D eigenvalue weighted by molar-refractivity contribution is 5.98. The van der Waals surface area contributed by atoms with Gasteiger partial charge in [-0.3, -0.25) is 9.59 Å². The van der Waals surface area contributed by atoms with E-state index in [1.165, 1.54) is 4.90 Å². The van der Waals surface area contributed by atoms with Gasteiger partial charge in [0.15, 0.2) is 12.2 Å². The Kier molecular flexibility index (Phi) is 4.37. The van der Waals surface area contributed by atoms with E-state index < -0.39 is 6.09 Å². The number of para-hydroxylation sites is 2. The van der Waals surface area contributed by atoms with E-state index in [1.54, 1.807) is 0 Å². The highest BCUT2D eigenvalue weighted by Crippen LogP contribution is 2.30. The smallest absolute Gasteiger partial charge is 0.417 e. The zero-order valence-electron chi connectivity index (χ0n) is 16.0. The molecular formula is C20H22N4O5. The minimum Gasteiger partial charge on any atom is -0.439 e. The molecule has 152 valence electrons. The van der Waals surface area contributed by atoms with Gasteiger partial charge in [-0.1, -0.05) is 12.1 Å². The second-order valence-corrected chi connectivity index (χ2v) is 7.69. The van der Waals surface area contributed by atoms with Crippen LogP contribution in [0.5, 0.6) is 0 Å². The molecule has 29 heavy (non-hydrogen) atoms. The number of carbonyl (C=O) groups excluding carboxylic acids is 3. The van der Waals surface area contributed by atoms with Crippen molar-refractivity contribution >= 4 is 35.0 Å². The molecule has 0 unspecified atom stereocenters. The van der Waals surface area contributed by atoms with Gasteiger partial charge in [-0.05, 0) is 37.8 Å². The number of fused-ring (bicyclic) bond motifs is 1. The average Bonchev–Trinajstić information content (AvgIpc) is 3.45. The number of benzene rings is 1. The van der Waals surface area contributed by atoms with Crippen molar-refractivity contribution in [2.45, 2.75) is 37.8 Å². The van der Waals surface area contributed by atoms with E-state index >= 15 is 0 Å². The summed E-state index contributed by atoms with van der Waals surface area (Å²) in [4.78, 5) is 46.4. The molecule has 3 saturated heterocycles. The molecule has 3 fully saturated rings. The van der Waals surface area contributed by atoms with Crippen LogP contribution in [0, 0.1) is 0 Å². The SMILES string of the molecule is O=C([C@@H]1CCCN1c1nc2ccccc2o1)N1CCC(N2C(=O)COC2=O)CC1. The quantitative estimate of drug-likeness (QED) is 0.777. The molecule has 9 heteroatoms. The number of likely N-dealkylation sites (tertiary alicyclic amines) is 1. The van der Waals surface area contributed by atoms with E-state index in [0.29, 0.717) is 37.5 Å². The molecule has 0 bridgehead atoms. The van der Waals surface area contributed by atoms with Crippen LogP contribution in [0.3, 0.4) is 0 Å². The Morgan fingerprint density at radius 3 is 2.59 bits per heavy atom. The van der Waals surface area contributed by atoms with Gasteiger partial charge in [0.2, 0.25) is 5.91 Å². The Hall–Kier alpha value is -3.10. The van der Waals surface area contributed by atoms with E-state index in [2.05, 4.69) is 4.98 Å². The maximum Gasteiger partial charge on any atom is 0.417 e. The number of nitrogens with zero attached hydrogens (tertiary/aromatic N) is 4. The van der Waals surface area contributed by atoms with Crippen molar-refractivity contribution in [3.05, 3.63) is 24.3 Å². The molecule has 3 aliphatic rings. The number of carbonyl (C=O) groups is 3. The van der Waals surface area contributed by atoms with Crippen LogP contribution >= 0.6 is 0 Å². The third kappa shape index (κ3) is 3.10. The Balaban J connectivity index is 1.27. The average molecular weight is 398 g/mol. The topological polar surface area (TPSA) is 96.2 Å². The summed E-state index contributed by atoms with van der Waals surface area (Å²) in [6.45, 7) is 1.57. The fourth-order valence-corrected chi connectivity index (χ4v) is 4.51. The largest absolute Gasteiger partial charge is 0.439 e. The maximum atomic E-state index is 13.2. The van der Waals surface area contributed by atoms with E-state index in [9.17, 15) is 14.4 Å². The number of amides is 3. The van der Waals surface area contributed by atoms with E-state index in [1.807, 2.05) is 34.1 Å². The van der Waals surface area contributed by atoms with Gasteiger partial charge >= 0.3 is 6.09 Å². The molecule has 3 amide bonds. The molecule has 1 atom stereocenters. The number of aromatic nitrogens is 1. The van der Waals surface area contributed by atoms with Crippen molar-refractivity contribution in [1.82, 2.24) is 14.8 Å². The lowest BCUT2D eigenvalue weighted by Crippen LogP contribution is -2.52. The molecule has 0 aliphatic carbocycles. The normalized spacial score (nSPS) is 23.3. The molecule has 2 aromatic rings. The fraction of sp³-hybridized carbons (Fsp3) is 0.500. The summed E-state index contributed by atoms with van der Waals surface area (Å²) in [5.74, 6) is -0.240. The van der Waals surface area contributed by atoms with Crippen LogP contribution in [-0.4, -0.2) is 71.0 Å². The summed E-state index contributed by atoms with van der Waals surface area (Å²) < 4.78 is 10.7. The second kappa shape index (κ2) is 7.06. The van der Waals surface area contributed by atoms with Crippen LogP contribution in [0.4, 0.5) is 10.8 Å². The Morgan fingerprint density at radius 2 is 1.86 bits per heavy atom. The van der Waals surface area contributed by atoms with Gasteiger partial charge in [-0.2, -0.15) is 4.98 Å². The lowest BCUT2D eigenvalue weighted by atomic mass is 10.0. The molecule has 3 aliphatic heterocycles. The van der Waals surface area contributed by atoms with E-state index in [-0.39, 0.29) is 30.5 Å². The van der Waals surface area contributed by atoms with Crippen molar-refractivity contribution in [3.63, 3.8) is 0 Å². The van der Waals surface area contributed by atoms with Crippen molar-refractivity contribution in [2.24, 2.45) is 0 Å². The van der Waals surface area contributed by atoms with Gasteiger partial charge in [0.1, 0.15) is 11.6 Å². The fourth-order valence-electron chi connectivity index (χ4n) is 4.51. The van der Waals surface area contributed by atoms with Crippen molar-refractivity contribution in [2.75, 3.05) is 31.1 Å². The molecule has 4 heterocycles. The second-order valence-electron chi connectivity index (χ2n) is 7.69. The lowest BCUT2D eigenvalue weighted by Gasteiger charge is -2.37. The summed E-state index contributed by atoms with van der Waals surface area (Å²) >= 11 is 0. The van der Waals surface area contributed by atoms with Crippen LogP contribution in [0.1, 0.15) is 25.7 Å². The minimum atomic E-state index is -0.572. The highest BCUT2D eigenvalue weighted by atomic mass is 16.6. The molecule has 1 aromatic heterocycles. The Morgan fingerprint density at radius 1 is 1.07 bits per heavy atom. The van der Waals surface area contributed by atoms with Gasteiger partial charge in [-0.25, -0.2) is 9.69 Å². The van der Waals surface area contributed by atoms with Crippen molar-refractivity contribution in [3.8, 4) is 0 Å². The summed E-state index contributed by atoms with van der Waals surface area (Å²) in [5, 5.41) is 0. The van der Waals surface area contributed by atoms with Crippen molar-refractivity contribution in [1.29, 1.82) is 0 Å². The zero-order chi connectivity index (χ0) is 20.0. The van der Waals surface area contributed by atoms with Crippen LogP contribution < -0.4 is 4.90 Å². The summed E-state index contributed by atoms with van der Waals surface area (Å²) in [6, 6.07) is 7.57. The van der Waals surface area contributed by atoms with E-state index in [0.717, 1.165) is 24.9 Å². The third-order valence-corrected chi connectivity index (χ3v) is 5.99. The number of ether oxygens (including phenoxy) is 1. The number of piperidine rings is 1. The van der Waals surface area contributed by atoms with E-state index in [4.69, 9.17) is 9.15 Å². The predicted octanol–water partition coefficient (Wildman–Crippen LogP) is 1.77. The molecule has 0 spiro atoms. The molecule has 1 aromatic carbocycles. The van der Waals surface area contributed by atoms with Crippen LogP contribution in [0.25, 0.3) is 11.1 Å². The number of hydrogen-bond acceptors (Lipinski definition) is 7. The monoisotopic (exact) mass is 398 g/mol. The Bertz CT molecular complexity index is 916. The minimum absolute atomic E-state index is 0.0542. The predicted molar refractivity (Wildman–Crippen MR) is 102 cm³/mol. The lowest BCUT2D eigenvalue weighted by molar-refractivity contribution is -0.134. The highest BCUT2D eigenvalue weighted by Gasteiger charge is 2.41. The van der Waals surface area contributed by atoms with Crippen LogP contribution in [0.15, 0.2) is 28.7 Å². The first kappa shape index (κ1) is 18.0. The van der Waals surface area contributed by atoms with Gasteiger partial charge in [0.05, 0.1) is 0 Å². The zero-order valence-corrected chi connectivity index (χ0v) is 16.0. The number of hydrogen-bond donors (Lipinski definition) is 0. The number of rotatable bonds is 3. The first-order valence-corrected chi connectivity index (χ1v) is 10.0. The molecule has 9 nitrogen and oxygen atoms in total. The number of anilines is 1. The van der Waals surface area contributed by atoms with Gasteiger partial charge in [0, 0.05) is 25.7 Å². The molecular weight excluding hydrogens is 376 g/mol. The number of oxazole rings is 1. The van der Waals surface area contributed by atoms with Crippen LogP contribution in [-0.2, 0) is 14.3 Å². The standard InChI is InChI=1S/C20H22N4O5/c25-17-12-28-20(27)24(17)13-7-10-22(11-8-13)18(26)15-5-3-9-23(15)19-21-14-4-1-2-6-16(14)29-19/h1-2,4,6,13,15H,3,5,7-12H2/t15-/m0/s1.